The van der Waals surface area contributed by atoms with E-state index in [2.05, 4.69) is 0 Å². The Morgan fingerprint density at radius 1 is 1.20 bits per heavy atom. The van der Waals surface area contributed by atoms with Crippen molar-refractivity contribution < 1.29 is 14.1 Å². The van der Waals surface area contributed by atoms with Gasteiger partial charge in [0.25, 0.3) is 0 Å². The van der Waals surface area contributed by atoms with E-state index in [-0.39, 0.29) is 12.0 Å². The lowest BCUT2D eigenvalue weighted by Gasteiger charge is -2.11. The third-order valence-corrected chi connectivity index (χ3v) is 3.05. The van der Waals surface area contributed by atoms with Crippen molar-refractivity contribution in [1.82, 2.24) is 0 Å². The Bertz CT molecular complexity index is 591. The van der Waals surface area contributed by atoms with Crippen LogP contribution in [-0.2, 0) is 0 Å². The maximum absolute atomic E-state index is 10.6. The summed E-state index contributed by atoms with van der Waals surface area (Å²) >= 11 is 6.25. The fraction of sp³-hybridized carbons (Fsp3) is 0.286. The lowest BCUT2D eigenvalue weighted by Crippen LogP contribution is -2.05. The zero-order valence-electron chi connectivity index (χ0n) is 11.1. The molecule has 1 aromatic heterocycles. The molecule has 0 N–H and O–H groups in total. The molecule has 0 aliphatic rings. The highest BCUT2D eigenvalue weighted by Crippen LogP contribution is 2.32. The number of nitrogens with zero attached hydrogens (tertiary/aromatic N) is 1. The van der Waals surface area contributed by atoms with Gasteiger partial charge in [-0.25, -0.2) is 0 Å². The van der Waals surface area contributed by atoms with Gasteiger partial charge in [0.1, 0.15) is 21.8 Å². The Balaban J connectivity index is 2.15. The van der Waals surface area contributed by atoms with Crippen LogP contribution in [0.3, 0.4) is 0 Å². The summed E-state index contributed by atoms with van der Waals surface area (Å²) in [5.41, 5.74) is 0.784. The van der Waals surface area contributed by atoms with E-state index in [1.807, 2.05) is 38.1 Å². The summed E-state index contributed by atoms with van der Waals surface area (Å²) in [5, 5.41) is 10.0. The number of halogens is 1. The maximum atomic E-state index is 10.6. The number of hydrogen-bond donors (Lipinski definition) is 0. The molecular formula is C14H14ClNO4. The predicted molar refractivity (Wildman–Crippen MR) is 75.3 cm³/mol. The van der Waals surface area contributed by atoms with Gasteiger partial charge in [-0.1, -0.05) is 12.1 Å². The third kappa shape index (κ3) is 3.30. The second kappa shape index (κ2) is 5.96. The number of nitro groups is 1. The summed E-state index contributed by atoms with van der Waals surface area (Å²) in [4.78, 5) is 9.98. The largest absolute Gasteiger partial charge is 0.491 e. The second-order valence-electron chi connectivity index (χ2n) is 4.53. The Morgan fingerprint density at radius 3 is 2.35 bits per heavy atom. The molecule has 0 aliphatic heterocycles. The van der Waals surface area contributed by atoms with Gasteiger partial charge in [0.15, 0.2) is 0 Å². The molecule has 0 saturated heterocycles. The van der Waals surface area contributed by atoms with E-state index >= 15 is 0 Å². The van der Waals surface area contributed by atoms with Gasteiger partial charge < -0.3 is 9.15 Å². The normalized spacial score (nSPS) is 12.4. The van der Waals surface area contributed by atoms with Gasteiger partial charge in [0, 0.05) is 0 Å². The molecule has 0 spiro atoms. The number of ether oxygens (including phenoxy) is 1. The lowest BCUT2D eigenvalue weighted by molar-refractivity contribution is -0.402. The molecule has 1 unspecified atom stereocenters. The van der Waals surface area contributed by atoms with E-state index in [1.54, 1.807) is 0 Å². The Labute approximate surface area is 121 Å². The first kappa shape index (κ1) is 14.4. The summed E-state index contributed by atoms with van der Waals surface area (Å²) < 4.78 is 10.6. The minimum Gasteiger partial charge on any atom is -0.491 e. The lowest BCUT2D eigenvalue weighted by atomic mass is 10.1. The van der Waals surface area contributed by atoms with Crippen LogP contribution in [0, 0.1) is 10.1 Å². The van der Waals surface area contributed by atoms with E-state index in [0.29, 0.717) is 5.76 Å². The number of benzene rings is 1. The zero-order valence-corrected chi connectivity index (χ0v) is 11.8. The molecule has 0 bridgehead atoms. The summed E-state index contributed by atoms with van der Waals surface area (Å²) in [6.45, 7) is 3.89. The average molecular weight is 296 g/mol. The first-order valence-electron chi connectivity index (χ1n) is 6.12. The number of hydrogen-bond acceptors (Lipinski definition) is 4. The van der Waals surface area contributed by atoms with Crippen molar-refractivity contribution in [2.24, 2.45) is 0 Å². The van der Waals surface area contributed by atoms with Crippen molar-refractivity contribution >= 4 is 17.5 Å². The zero-order chi connectivity index (χ0) is 14.7. The molecular weight excluding hydrogens is 282 g/mol. The molecule has 1 atom stereocenters. The summed E-state index contributed by atoms with van der Waals surface area (Å²) in [6.07, 6.45) is 0.0976. The van der Waals surface area contributed by atoms with Gasteiger partial charge in [-0.15, -0.1) is 11.6 Å². The second-order valence-corrected chi connectivity index (χ2v) is 4.97. The average Bonchev–Trinajstić information content (AvgIpc) is 2.88. The molecule has 6 heteroatoms. The fourth-order valence-electron chi connectivity index (χ4n) is 1.73. The molecule has 2 rings (SSSR count). The van der Waals surface area contributed by atoms with Crippen LogP contribution in [0.25, 0.3) is 0 Å². The molecule has 1 heterocycles. The van der Waals surface area contributed by atoms with Gasteiger partial charge >= 0.3 is 5.88 Å². The van der Waals surface area contributed by atoms with Gasteiger partial charge in [-0.2, -0.15) is 0 Å². The third-order valence-electron chi connectivity index (χ3n) is 2.59. The van der Waals surface area contributed by atoms with Crippen LogP contribution < -0.4 is 4.74 Å². The van der Waals surface area contributed by atoms with Crippen LogP contribution >= 0.6 is 11.6 Å². The van der Waals surface area contributed by atoms with E-state index in [1.165, 1.54) is 12.1 Å². The fourth-order valence-corrected chi connectivity index (χ4v) is 1.99. The van der Waals surface area contributed by atoms with E-state index < -0.39 is 10.3 Å². The standard InChI is InChI=1S/C14H14ClNO4/c1-9(2)19-11-5-3-10(4-6-11)14(15)12-7-8-13(20-12)16(17)18/h3-9,14H,1-2H3. The van der Waals surface area contributed by atoms with Crippen LogP contribution in [-0.4, -0.2) is 11.0 Å². The molecule has 0 amide bonds. The summed E-state index contributed by atoms with van der Waals surface area (Å²) in [6, 6.07) is 10.0. The molecule has 0 saturated carbocycles. The van der Waals surface area contributed by atoms with Crippen LogP contribution in [0.2, 0.25) is 0 Å². The Morgan fingerprint density at radius 2 is 1.85 bits per heavy atom. The minimum absolute atomic E-state index is 0.0976. The van der Waals surface area contributed by atoms with Crippen LogP contribution in [0.5, 0.6) is 5.75 Å². The molecule has 2 aromatic rings. The van der Waals surface area contributed by atoms with E-state index in [9.17, 15) is 10.1 Å². The predicted octanol–water partition coefficient (Wildman–Crippen LogP) is 4.30. The summed E-state index contributed by atoms with van der Waals surface area (Å²) in [5.74, 6) is 0.777. The van der Waals surface area contributed by atoms with Gasteiger partial charge in [-0.3, -0.25) is 10.1 Å². The van der Waals surface area contributed by atoms with Gasteiger partial charge in [-0.05, 0) is 37.6 Å². The van der Waals surface area contributed by atoms with Crippen molar-refractivity contribution in [2.45, 2.75) is 25.3 Å². The topological polar surface area (TPSA) is 65.5 Å². The van der Waals surface area contributed by atoms with Crippen molar-refractivity contribution in [3.8, 4) is 5.75 Å². The highest BCUT2D eigenvalue weighted by atomic mass is 35.5. The molecule has 5 nitrogen and oxygen atoms in total. The smallest absolute Gasteiger partial charge is 0.433 e. The van der Waals surface area contributed by atoms with Crippen molar-refractivity contribution in [3.05, 3.63) is 57.8 Å². The minimum atomic E-state index is -0.591. The molecule has 106 valence electrons. The molecule has 0 fully saturated rings. The Kier molecular flexibility index (Phi) is 4.29. The summed E-state index contributed by atoms with van der Waals surface area (Å²) in [7, 11) is 0. The van der Waals surface area contributed by atoms with Crippen LogP contribution in [0.15, 0.2) is 40.8 Å². The molecule has 1 aromatic carbocycles. The highest BCUT2D eigenvalue weighted by Gasteiger charge is 2.19. The first-order valence-corrected chi connectivity index (χ1v) is 6.56. The van der Waals surface area contributed by atoms with Crippen molar-refractivity contribution in [3.63, 3.8) is 0 Å². The van der Waals surface area contributed by atoms with E-state index in [0.717, 1.165) is 11.3 Å². The van der Waals surface area contributed by atoms with Crippen molar-refractivity contribution in [2.75, 3.05) is 0 Å². The molecule has 0 radical (unpaired) electrons. The van der Waals surface area contributed by atoms with E-state index in [4.69, 9.17) is 20.8 Å². The SMILES string of the molecule is CC(C)Oc1ccc(C(Cl)c2ccc([N+](=O)[O-])o2)cc1. The first-order chi connectivity index (χ1) is 9.47. The molecule has 0 aliphatic carbocycles. The van der Waals surface area contributed by atoms with Crippen LogP contribution in [0.4, 0.5) is 5.88 Å². The van der Waals surface area contributed by atoms with Gasteiger partial charge in [0.2, 0.25) is 0 Å². The highest BCUT2D eigenvalue weighted by molar-refractivity contribution is 6.22. The number of alkyl halides is 1. The number of rotatable bonds is 5. The number of furan rings is 1. The maximum Gasteiger partial charge on any atom is 0.433 e. The van der Waals surface area contributed by atoms with Crippen LogP contribution in [0.1, 0.15) is 30.5 Å². The van der Waals surface area contributed by atoms with Crippen molar-refractivity contribution in [1.29, 1.82) is 0 Å². The quantitative estimate of drug-likeness (QED) is 0.468. The molecule has 20 heavy (non-hydrogen) atoms. The van der Waals surface area contributed by atoms with Gasteiger partial charge in [0.05, 0.1) is 12.2 Å². The Hall–Kier alpha value is -2.01. The monoisotopic (exact) mass is 295 g/mol.